The highest BCUT2D eigenvalue weighted by Gasteiger charge is 2.44. The number of hydrogen-bond donors (Lipinski definition) is 1. The van der Waals surface area contributed by atoms with Crippen LogP contribution >= 0.6 is 0 Å². The first-order valence-corrected chi connectivity index (χ1v) is 9.12. The molecule has 6 rings (SSSR count). The van der Waals surface area contributed by atoms with E-state index < -0.39 is 5.97 Å². The van der Waals surface area contributed by atoms with E-state index in [0.29, 0.717) is 5.56 Å². The molecule has 5 heteroatoms. The first-order chi connectivity index (χ1) is 13.6. The third-order valence-electron chi connectivity index (χ3n) is 5.92. The molecule has 1 N–H and O–H groups in total. The second-order valence-electron chi connectivity index (χ2n) is 7.29. The van der Waals surface area contributed by atoms with Gasteiger partial charge in [0.2, 0.25) is 0 Å². The number of ether oxygens (including phenoxy) is 1. The summed E-state index contributed by atoms with van der Waals surface area (Å²) in [5, 5.41) is 9.48. The van der Waals surface area contributed by atoms with Gasteiger partial charge >= 0.3 is 5.97 Å². The molecule has 3 aromatic carbocycles. The van der Waals surface area contributed by atoms with Crippen LogP contribution in [0.3, 0.4) is 0 Å². The summed E-state index contributed by atoms with van der Waals surface area (Å²) < 4.78 is 11.7. The van der Waals surface area contributed by atoms with Crippen molar-refractivity contribution >= 4 is 17.1 Å². The first-order valence-electron chi connectivity index (χ1n) is 9.12. The van der Waals surface area contributed by atoms with Crippen LogP contribution in [0.1, 0.15) is 50.4 Å². The average Bonchev–Trinajstić information content (AvgIpc) is 3.41. The van der Waals surface area contributed by atoms with Crippen molar-refractivity contribution in [1.29, 1.82) is 0 Å². The fourth-order valence-corrected chi connectivity index (χ4v) is 4.63. The number of carbonyl (C=O) groups is 1. The number of hydrogen-bond acceptors (Lipinski definition) is 4. The summed E-state index contributed by atoms with van der Waals surface area (Å²) in [4.78, 5) is 15.9. The molecule has 0 saturated heterocycles. The Balaban J connectivity index is 1.53. The summed E-state index contributed by atoms with van der Waals surface area (Å²) in [5.41, 5.74) is 9.07. The zero-order chi connectivity index (χ0) is 19.0. The van der Waals surface area contributed by atoms with Gasteiger partial charge < -0.3 is 14.3 Å². The predicted molar refractivity (Wildman–Crippen MR) is 102 cm³/mol. The Morgan fingerprint density at radius 1 is 1.04 bits per heavy atom. The van der Waals surface area contributed by atoms with Crippen molar-refractivity contribution in [2.75, 3.05) is 0 Å². The van der Waals surface area contributed by atoms with Crippen molar-refractivity contribution in [3.8, 4) is 11.1 Å². The number of aromatic nitrogens is 1. The quantitative estimate of drug-likeness (QED) is 0.537. The lowest BCUT2D eigenvalue weighted by Crippen LogP contribution is -2.09. The predicted octanol–water partition coefficient (Wildman–Crippen LogP) is 5.02. The molecule has 136 valence electrons. The van der Waals surface area contributed by atoms with Crippen molar-refractivity contribution in [2.45, 2.75) is 19.1 Å². The number of rotatable bonds is 2. The second kappa shape index (κ2) is 5.30. The van der Waals surface area contributed by atoms with Crippen LogP contribution in [0.4, 0.5) is 0 Å². The average molecular weight is 369 g/mol. The van der Waals surface area contributed by atoms with Gasteiger partial charge in [-0.1, -0.05) is 30.3 Å². The SMILES string of the molecule is Cc1c(C(=O)O)ccc2c1C1OC2c2ccc(-c3cccc4ocnc34)cc21. The third kappa shape index (κ3) is 1.89. The molecule has 0 aliphatic carbocycles. The van der Waals surface area contributed by atoms with Gasteiger partial charge in [-0.3, -0.25) is 0 Å². The number of para-hydroxylation sites is 1. The standard InChI is InChI=1S/C23H15NO4/c1-11-13(23(25)26)7-8-16-19(11)22-17-9-12(5-6-15(17)21(16)28-22)14-3-2-4-18-20(14)24-10-27-18/h2-10,21-22H,1H3,(H,25,26). The van der Waals surface area contributed by atoms with Crippen LogP contribution < -0.4 is 0 Å². The molecule has 2 unspecified atom stereocenters. The summed E-state index contributed by atoms with van der Waals surface area (Å²) in [6, 6.07) is 15.8. The fraction of sp³-hybridized carbons (Fsp3) is 0.130. The van der Waals surface area contributed by atoms with Crippen molar-refractivity contribution in [2.24, 2.45) is 0 Å². The Hall–Kier alpha value is -3.44. The summed E-state index contributed by atoms with van der Waals surface area (Å²) in [6.45, 7) is 1.87. The lowest BCUT2D eigenvalue weighted by Gasteiger charge is -2.19. The normalized spacial score (nSPS) is 19.0. The molecule has 28 heavy (non-hydrogen) atoms. The fourth-order valence-electron chi connectivity index (χ4n) is 4.63. The lowest BCUT2D eigenvalue weighted by molar-refractivity contribution is 0.0695. The van der Waals surface area contributed by atoms with Crippen LogP contribution in [0.15, 0.2) is 59.3 Å². The molecule has 5 nitrogen and oxygen atoms in total. The number of carboxylic acids is 1. The van der Waals surface area contributed by atoms with Gasteiger partial charge in [0.15, 0.2) is 12.0 Å². The van der Waals surface area contributed by atoms with Crippen molar-refractivity contribution in [1.82, 2.24) is 4.98 Å². The maximum Gasteiger partial charge on any atom is 0.335 e. The summed E-state index contributed by atoms with van der Waals surface area (Å²) >= 11 is 0. The van der Waals surface area contributed by atoms with Gasteiger partial charge in [-0.05, 0) is 58.5 Å². The summed E-state index contributed by atoms with van der Waals surface area (Å²) in [7, 11) is 0. The monoisotopic (exact) mass is 369 g/mol. The van der Waals surface area contributed by atoms with E-state index in [1.54, 1.807) is 6.07 Å². The van der Waals surface area contributed by atoms with Crippen LogP contribution in [0.5, 0.6) is 0 Å². The van der Waals surface area contributed by atoms with Gasteiger partial charge in [0.05, 0.1) is 5.56 Å². The van der Waals surface area contributed by atoms with E-state index in [9.17, 15) is 9.90 Å². The van der Waals surface area contributed by atoms with Crippen molar-refractivity contribution < 1.29 is 19.1 Å². The molecule has 2 bridgehead atoms. The largest absolute Gasteiger partial charge is 0.478 e. The van der Waals surface area contributed by atoms with Gasteiger partial charge in [0.25, 0.3) is 0 Å². The van der Waals surface area contributed by atoms with E-state index in [2.05, 4.69) is 23.2 Å². The molecule has 0 saturated carbocycles. The smallest absolute Gasteiger partial charge is 0.335 e. The van der Waals surface area contributed by atoms with Crippen molar-refractivity contribution in [3.05, 3.63) is 88.3 Å². The molecule has 2 atom stereocenters. The topological polar surface area (TPSA) is 72.6 Å². The van der Waals surface area contributed by atoms with E-state index >= 15 is 0 Å². The van der Waals surface area contributed by atoms with Gasteiger partial charge in [0, 0.05) is 5.56 Å². The number of nitrogens with zero attached hydrogens (tertiary/aromatic N) is 1. The van der Waals surface area contributed by atoms with Crippen LogP contribution in [-0.2, 0) is 4.74 Å². The van der Waals surface area contributed by atoms with Crippen LogP contribution in [0.2, 0.25) is 0 Å². The molecule has 2 aliphatic rings. The number of oxazole rings is 1. The highest BCUT2D eigenvalue weighted by atomic mass is 16.5. The van der Waals surface area contributed by atoms with E-state index in [4.69, 9.17) is 9.15 Å². The Morgan fingerprint density at radius 3 is 2.75 bits per heavy atom. The number of carboxylic acid groups (broad SMARTS) is 1. The number of benzene rings is 3. The van der Waals surface area contributed by atoms with Gasteiger partial charge in [0.1, 0.15) is 17.7 Å². The molecule has 1 aromatic heterocycles. The zero-order valence-corrected chi connectivity index (χ0v) is 15.0. The lowest BCUT2D eigenvalue weighted by atomic mass is 9.81. The Labute approximate surface area is 160 Å². The first kappa shape index (κ1) is 15.6. The minimum Gasteiger partial charge on any atom is -0.478 e. The molecule has 3 heterocycles. The van der Waals surface area contributed by atoms with Crippen LogP contribution in [-0.4, -0.2) is 16.1 Å². The van der Waals surface area contributed by atoms with Gasteiger partial charge in [-0.25, -0.2) is 9.78 Å². The summed E-state index contributed by atoms with van der Waals surface area (Å²) in [5.74, 6) is -0.908. The molecule has 4 aromatic rings. The molecular weight excluding hydrogens is 354 g/mol. The van der Waals surface area contributed by atoms with E-state index in [1.165, 1.54) is 6.39 Å². The number of aromatic carboxylic acids is 1. The second-order valence-corrected chi connectivity index (χ2v) is 7.29. The Kier molecular flexibility index (Phi) is 2.95. The summed E-state index contributed by atoms with van der Waals surface area (Å²) in [6.07, 6.45) is 1.10. The maximum atomic E-state index is 11.6. The molecule has 0 fully saturated rings. The van der Waals surface area contributed by atoms with Crippen molar-refractivity contribution in [3.63, 3.8) is 0 Å². The zero-order valence-electron chi connectivity index (χ0n) is 15.0. The van der Waals surface area contributed by atoms with E-state index in [0.717, 1.165) is 50.0 Å². The molecule has 0 spiro atoms. The minimum atomic E-state index is -0.908. The third-order valence-corrected chi connectivity index (χ3v) is 5.92. The van der Waals surface area contributed by atoms with Crippen LogP contribution in [0, 0.1) is 6.92 Å². The highest BCUT2D eigenvalue weighted by Crippen LogP contribution is 2.56. The molecule has 0 radical (unpaired) electrons. The molecular formula is C23H15NO4. The Bertz CT molecular complexity index is 1300. The van der Waals surface area contributed by atoms with E-state index in [-0.39, 0.29) is 12.2 Å². The maximum absolute atomic E-state index is 11.6. The van der Waals surface area contributed by atoms with E-state index in [1.807, 2.05) is 31.2 Å². The Morgan fingerprint density at radius 2 is 1.89 bits per heavy atom. The highest BCUT2D eigenvalue weighted by molar-refractivity contribution is 5.92. The minimum absolute atomic E-state index is 0.131. The molecule has 0 amide bonds. The van der Waals surface area contributed by atoms with Crippen LogP contribution in [0.25, 0.3) is 22.2 Å². The number of fused-ring (bicyclic) bond motifs is 9. The van der Waals surface area contributed by atoms with Gasteiger partial charge in [-0.2, -0.15) is 0 Å². The van der Waals surface area contributed by atoms with Gasteiger partial charge in [-0.15, -0.1) is 0 Å². The molecule has 2 aliphatic heterocycles.